The van der Waals surface area contributed by atoms with Crippen molar-refractivity contribution in [2.24, 2.45) is 5.73 Å². The van der Waals surface area contributed by atoms with Crippen LogP contribution < -0.4 is 16.8 Å². The van der Waals surface area contributed by atoms with E-state index in [1.54, 1.807) is 0 Å². The molecule has 2 amide bonds. The number of carboxylic acids is 1. The molecule has 288 valence electrons. The number of carbonyl (C=O) groups is 4. The number of unbranched alkanes of at least 4 members (excludes halogenated alkanes) is 4. The van der Waals surface area contributed by atoms with Gasteiger partial charge in [-0.15, -0.1) is 5.06 Å². The van der Waals surface area contributed by atoms with Gasteiger partial charge >= 0.3 is 11.9 Å². The van der Waals surface area contributed by atoms with E-state index >= 15 is 0 Å². The van der Waals surface area contributed by atoms with Gasteiger partial charge in [0.1, 0.15) is 0 Å². The van der Waals surface area contributed by atoms with E-state index in [-0.39, 0.29) is 72.8 Å². The lowest BCUT2D eigenvalue weighted by Gasteiger charge is -2.25. The van der Waals surface area contributed by atoms with E-state index < -0.39 is 76.1 Å². The molecule has 2 aromatic rings. The first-order valence-corrected chi connectivity index (χ1v) is 19.9. The summed E-state index contributed by atoms with van der Waals surface area (Å²) < 4.78 is 72.1. The second kappa shape index (κ2) is 16.4. The number of imide groups is 1. The third-order valence-corrected chi connectivity index (χ3v) is 11.8. The van der Waals surface area contributed by atoms with Crippen LogP contribution in [0.2, 0.25) is 0 Å². The number of carboxylic acid groups (broad SMARTS) is 1. The van der Waals surface area contributed by atoms with E-state index in [1.807, 2.05) is 0 Å². The molecule has 1 aliphatic carbocycles. The molecule has 0 aromatic heterocycles. The average Bonchev–Trinajstić information content (AvgIpc) is 3.42. The highest BCUT2D eigenvalue weighted by atomic mass is 32.2. The first-order valence-electron chi connectivity index (χ1n) is 17.0. The Morgan fingerprint density at radius 2 is 1.52 bits per heavy atom. The van der Waals surface area contributed by atoms with Gasteiger partial charge in [-0.1, -0.05) is 31.0 Å². The number of sulfonamides is 1. The lowest BCUT2D eigenvalue weighted by atomic mass is 9.90. The van der Waals surface area contributed by atoms with Crippen LogP contribution in [0.5, 0.6) is 0 Å². The molecule has 54 heavy (non-hydrogen) atoms. The number of nitrogens with two attached hydrogens (primary N) is 2. The Balaban J connectivity index is 1.58. The number of fused-ring (bicyclic) bond motifs is 2. The van der Waals surface area contributed by atoms with Crippen LogP contribution in [0.15, 0.2) is 62.7 Å². The predicted octanol–water partition coefficient (Wildman–Crippen LogP) is 3.50. The Kier molecular flexibility index (Phi) is 12.2. The number of hydrogen-bond acceptors (Lipinski definition) is 13. The molecule has 3 aliphatic rings. The van der Waals surface area contributed by atoms with Crippen LogP contribution in [-0.4, -0.2) is 79.3 Å². The Labute approximate surface area is 310 Å². The Morgan fingerprint density at radius 3 is 2.15 bits per heavy atom. The van der Waals surface area contributed by atoms with Gasteiger partial charge in [0.05, 0.1) is 16.6 Å². The molecule has 1 fully saturated rings. The van der Waals surface area contributed by atoms with Crippen LogP contribution in [-0.2, 0) is 39.4 Å². The van der Waals surface area contributed by atoms with Crippen LogP contribution in [0, 0.1) is 5.41 Å². The number of nitrogens with zero attached hydrogens (tertiary/aromatic N) is 2. The molecular weight excluding hydrogens is 747 g/mol. The SMILES string of the molecule is N=c1ccc2c(-c3ccccc3C(=O)O)c3ccc(N)c(S(=O)(=O)O)c3oc-2c1S(=O)(=O)N(CCCCCN)CCCCCC(=O)ON1C(=O)CCC1=O. The van der Waals surface area contributed by atoms with E-state index in [1.165, 1.54) is 48.5 Å². The number of anilines is 1. The van der Waals surface area contributed by atoms with E-state index in [9.17, 15) is 45.7 Å². The predicted molar refractivity (Wildman–Crippen MR) is 193 cm³/mol. The van der Waals surface area contributed by atoms with Crippen molar-refractivity contribution < 1.29 is 54.9 Å². The summed E-state index contributed by atoms with van der Waals surface area (Å²) >= 11 is 0. The molecular formula is C35H39N5O12S2. The summed E-state index contributed by atoms with van der Waals surface area (Å²) in [6.07, 6.45) is 2.15. The molecule has 0 radical (unpaired) electrons. The van der Waals surface area contributed by atoms with Gasteiger partial charge in [-0.25, -0.2) is 18.0 Å². The largest absolute Gasteiger partial charge is 0.478 e. The minimum Gasteiger partial charge on any atom is -0.478 e. The topological polar surface area (TPSA) is 282 Å². The molecule has 7 N–H and O–H groups in total. The Hall–Kier alpha value is -5.21. The van der Waals surface area contributed by atoms with Gasteiger partial charge in [-0.3, -0.25) is 19.6 Å². The molecule has 17 nitrogen and oxygen atoms in total. The van der Waals surface area contributed by atoms with Gasteiger partial charge < -0.3 is 25.8 Å². The zero-order chi connectivity index (χ0) is 39.4. The zero-order valence-electron chi connectivity index (χ0n) is 28.9. The lowest BCUT2D eigenvalue weighted by molar-refractivity contribution is -0.197. The number of nitrogen functional groups attached to an aromatic ring is 1. The van der Waals surface area contributed by atoms with Gasteiger partial charge in [0, 0.05) is 48.9 Å². The molecule has 5 rings (SSSR count). The van der Waals surface area contributed by atoms with Crippen LogP contribution >= 0.6 is 0 Å². The summed E-state index contributed by atoms with van der Waals surface area (Å²) in [5.41, 5.74) is 10.6. The maximum absolute atomic E-state index is 14.7. The summed E-state index contributed by atoms with van der Waals surface area (Å²) in [6.45, 7) is 0.290. The van der Waals surface area contributed by atoms with Crippen LogP contribution in [0.1, 0.15) is 68.1 Å². The number of rotatable bonds is 17. The van der Waals surface area contributed by atoms with Crippen molar-refractivity contribution in [1.82, 2.24) is 9.37 Å². The molecule has 0 saturated carbocycles. The Morgan fingerprint density at radius 1 is 0.870 bits per heavy atom. The fraction of sp³-hybridized carbons (Fsp3) is 0.343. The van der Waals surface area contributed by atoms with Crippen molar-refractivity contribution in [2.45, 2.75) is 67.6 Å². The molecule has 2 aliphatic heterocycles. The first kappa shape index (κ1) is 40.0. The van der Waals surface area contributed by atoms with Crippen molar-refractivity contribution >= 4 is 60.6 Å². The van der Waals surface area contributed by atoms with Crippen molar-refractivity contribution in [3.63, 3.8) is 0 Å². The standard InChI is InChI=1S/C35H39N5O12S2/c36-18-6-2-8-20-39(19-7-1-3-11-29(43)52-40-27(41)16-17-28(40)42)53(46,47)33-25(37)14-12-23-30(21-9-4-5-10-22(21)35(44)45)24-13-15-26(38)34(54(48,49)50)32(24)51-31(23)33/h4-5,9-10,12-15,37H,1-3,6-8,11,16-20,36,38H2,(H,44,45)(H,48,49,50). The molecule has 0 unspecified atom stereocenters. The number of benzene rings is 3. The molecule has 0 bridgehead atoms. The Bertz CT molecular complexity index is 2360. The van der Waals surface area contributed by atoms with Crippen LogP contribution in [0.4, 0.5) is 5.69 Å². The summed E-state index contributed by atoms with van der Waals surface area (Å²) in [5, 5.41) is 18.8. The van der Waals surface area contributed by atoms with Gasteiger partial charge in [0.25, 0.3) is 21.9 Å². The molecule has 2 aromatic carbocycles. The van der Waals surface area contributed by atoms with E-state index in [0.29, 0.717) is 37.3 Å². The minimum atomic E-state index is -5.10. The number of amides is 2. The van der Waals surface area contributed by atoms with E-state index in [2.05, 4.69) is 0 Å². The number of hydroxylamine groups is 2. The lowest BCUT2D eigenvalue weighted by Crippen LogP contribution is -2.36. The third-order valence-electron chi connectivity index (χ3n) is 8.88. The van der Waals surface area contributed by atoms with Gasteiger partial charge in [0.15, 0.2) is 21.1 Å². The third kappa shape index (κ3) is 8.29. The maximum atomic E-state index is 14.7. The number of hydrogen-bond donors (Lipinski definition) is 5. The van der Waals surface area contributed by atoms with Crippen molar-refractivity contribution in [3.05, 3.63) is 59.5 Å². The first-order chi connectivity index (χ1) is 25.6. The smallest absolute Gasteiger partial charge is 0.336 e. The molecule has 0 spiro atoms. The fourth-order valence-electron chi connectivity index (χ4n) is 6.31. The maximum Gasteiger partial charge on any atom is 0.336 e. The van der Waals surface area contributed by atoms with Crippen molar-refractivity contribution in [1.29, 1.82) is 5.41 Å². The van der Waals surface area contributed by atoms with Crippen molar-refractivity contribution in [2.75, 3.05) is 25.4 Å². The quantitative estimate of drug-likeness (QED) is 0.0337. The number of aromatic carboxylic acids is 1. The average molecular weight is 786 g/mol. The monoisotopic (exact) mass is 785 g/mol. The van der Waals surface area contributed by atoms with Gasteiger partial charge in [-0.2, -0.15) is 12.7 Å². The van der Waals surface area contributed by atoms with Crippen molar-refractivity contribution in [3.8, 4) is 22.5 Å². The molecule has 0 atom stereocenters. The highest BCUT2D eigenvalue weighted by Crippen LogP contribution is 2.46. The zero-order valence-corrected chi connectivity index (χ0v) is 30.6. The van der Waals surface area contributed by atoms with Crippen LogP contribution in [0.25, 0.3) is 33.4 Å². The van der Waals surface area contributed by atoms with E-state index in [4.69, 9.17) is 26.1 Å². The number of nitrogens with one attached hydrogen (secondary N) is 1. The second-order valence-corrected chi connectivity index (χ2v) is 15.8. The van der Waals surface area contributed by atoms with E-state index in [0.717, 1.165) is 4.31 Å². The fourth-order valence-corrected chi connectivity index (χ4v) is 8.79. The summed E-state index contributed by atoms with van der Waals surface area (Å²) in [6, 6.07) is 10.9. The minimum absolute atomic E-state index is 0.00488. The van der Waals surface area contributed by atoms with Crippen LogP contribution in [0.3, 0.4) is 0 Å². The molecule has 19 heteroatoms. The summed E-state index contributed by atoms with van der Waals surface area (Å²) in [5.74, 6) is -3.82. The highest BCUT2D eigenvalue weighted by molar-refractivity contribution is 7.89. The summed E-state index contributed by atoms with van der Waals surface area (Å²) in [7, 11) is -9.74. The molecule has 1 saturated heterocycles. The highest BCUT2D eigenvalue weighted by Gasteiger charge is 2.35. The normalized spacial score (nSPS) is 13.7. The second-order valence-electron chi connectivity index (χ2n) is 12.6. The molecule has 2 heterocycles. The van der Waals surface area contributed by atoms with Gasteiger partial charge in [0.2, 0.25) is 10.0 Å². The summed E-state index contributed by atoms with van der Waals surface area (Å²) in [4.78, 5) is 51.6. The number of carbonyl (C=O) groups excluding carboxylic acids is 3. The van der Waals surface area contributed by atoms with Gasteiger partial charge in [-0.05, 0) is 68.1 Å².